The van der Waals surface area contributed by atoms with Gasteiger partial charge in [0, 0.05) is 25.9 Å². The van der Waals surface area contributed by atoms with E-state index in [0.29, 0.717) is 13.0 Å². The highest BCUT2D eigenvalue weighted by molar-refractivity contribution is 5.69. The van der Waals surface area contributed by atoms with E-state index in [0.717, 1.165) is 25.8 Å². The van der Waals surface area contributed by atoms with Crippen molar-refractivity contribution in [1.82, 2.24) is 4.90 Å². The number of rotatable bonds is 6. The van der Waals surface area contributed by atoms with Gasteiger partial charge < -0.3 is 14.7 Å². The monoisotopic (exact) mass is 229 g/mol. The standard InChI is InChI=1S/C11H19NO4/c1-2-3-7-12-8-6-9(16-11(12)15)4-5-10(13)14/h9H,2-8H2,1H3,(H,13,14). The van der Waals surface area contributed by atoms with Crippen molar-refractivity contribution >= 4 is 12.1 Å². The zero-order valence-electron chi connectivity index (χ0n) is 9.65. The third-order valence-electron chi connectivity index (χ3n) is 2.71. The molecule has 0 aromatic heterocycles. The van der Waals surface area contributed by atoms with Crippen LogP contribution in [0.15, 0.2) is 0 Å². The number of carbonyl (C=O) groups excluding carboxylic acids is 1. The summed E-state index contributed by atoms with van der Waals surface area (Å²) in [6, 6.07) is 0. The van der Waals surface area contributed by atoms with E-state index in [-0.39, 0.29) is 18.6 Å². The minimum absolute atomic E-state index is 0.0624. The van der Waals surface area contributed by atoms with Gasteiger partial charge in [0.05, 0.1) is 0 Å². The van der Waals surface area contributed by atoms with E-state index in [4.69, 9.17) is 9.84 Å². The normalized spacial score (nSPS) is 20.7. The summed E-state index contributed by atoms with van der Waals surface area (Å²) in [6.45, 7) is 3.50. The first-order valence-corrected chi connectivity index (χ1v) is 5.80. The smallest absolute Gasteiger partial charge is 0.410 e. The maximum absolute atomic E-state index is 11.5. The third kappa shape index (κ3) is 4.08. The van der Waals surface area contributed by atoms with Crippen LogP contribution in [0.2, 0.25) is 0 Å². The molecule has 5 nitrogen and oxygen atoms in total. The number of unbranched alkanes of at least 4 members (excludes halogenated alkanes) is 1. The summed E-state index contributed by atoms with van der Waals surface area (Å²) in [4.78, 5) is 23.6. The van der Waals surface area contributed by atoms with Crippen molar-refractivity contribution in [2.75, 3.05) is 13.1 Å². The van der Waals surface area contributed by atoms with Crippen LogP contribution in [0.5, 0.6) is 0 Å². The first kappa shape index (κ1) is 12.8. The fourth-order valence-corrected chi connectivity index (χ4v) is 1.71. The Bertz CT molecular complexity index is 254. The lowest BCUT2D eigenvalue weighted by Crippen LogP contribution is -2.42. The van der Waals surface area contributed by atoms with Crippen molar-refractivity contribution < 1.29 is 19.4 Å². The summed E-state index contributed by atoms with van der Waals surface area (Å²) in [6.07, 6.45) is 2.73. The molecule has 0 saturated carbocycles. The van der Waals surface area contributed by atoms with Crippen LogP contribution in [0.3, 0.4) is 0 Å². The Morgan fingerprint density at radius 1 is 1.62 bits per heavy atom. The molecule has 1 rings (SSSR count). The highest BCUT2D eigenvalue weighted by atomic mass is 16.6. The lowest BCUT2D eigenvalue weighted by atomic mass is 10.1. The van der Waals surface area contributed by atoms with Crippen LogP contribution in [-0.4, -0.2) is 41.3 Å². The lowest BCUT2D eigenvalue weighted by Gasteiger charge is -2.31. The summed E-state index contributed by atoms with van der Waals surface area (Å²) in [7, 11) is 0. The van der Waals surface area contributed by atoms with Crippen LogP contribution >= 0.6 is 0 Å². The summed E-state index contributed by atoms with van der Waals surface area (Å²) < 4.78 is 5.17. The minimum Gasteiger partial charge on any atom is -0.481 e. The fourth-order valence-electron chi connectivity index (χ4n) is 1.71. The fraction of sp³-hybridized carbons (Fsp3) is 0.818. The SMILES string of the molecule is CCCCN1CCC(CCC(=O)O)OC1=O. The van der Waals surface area contributed by atoms with Crippen molar-refractivity contribution in [3.63, 3.8) is 0 Å². The molecule has 0 aromatic rings. The van der Waals surface area contributed by atoms with Crippen LogP contribution in [0.1, 0.15) is 39.0 Å². The minimum atomic E-state index is -0.843. The van der Waals surface area contributed by atoms with Gasteiger partial charge >= 0.3 is 12.1 Å². The molecule has 1 amide bonds. The third-order valence-corrected chi connectivity index (χ3v) is 2.71. The van der Waals surface area contributed by atoms with Crippen LogP contribution in [0.25, 0.3) is 0 Å². The van der Waals surface area contributed by atoms with Gasteiger partial charge in [0.2, 0.25) is 0 Å². The summed E-state index contributed by atoms with van der Waals surface area (Å²) in [5.74, 6) is -0.843. The molecule has 1 atom stereocenters. The number of hydrogen-bond donors (Lipinski definition) is 1. The molecule has 1 N–H and O–H groups in total. The Morgan fingerprint density at radius 3 is 2.94 bits per heavy atom. The Morgan fingerprint density at radius 2 is 2.38 bits per heavy atom. The highest BCUT2D eigenvalue weighted by Crippen LogP contribution is 2.16. The molecule has 0 bridgehead atoms. The first-order valence-electron chi connectivity index (χ1n) is 5.80. The van der Waals surface area contributed by atoms with Gasteiger partial charge in [0.25, 0.3) is 0 Å². The van der Waals surface area contributed by atoms with Crippen molar-refractivity contribution in [2.24, 2.45) is 0 Å². The lowest BCUT2D eigenvalue weighted by molar-refractivity contribution is -0.137. The molecule has 1 aliphatic heterocycles. The molecule has 0 spiro atoms. The number of cyclic esters (lactones) is 1. The molecule has 0 aromatic carbocycles. The molecule has 16 heavy (non-hydrogen) atoms. The number of aliphatic carboxylic acids is 1. The summed E-state index contributed by atoms with van der Waals surface area (Å²) in [5, 5.41) is 8.53. The Labute approximate surface area is 95.4 Å². The second-order valence-electron chi connectivity index (χ2n) is 4.07. The maximum atomic E-state index is 11.5. The topological polar surface area (TPSA) is 66.8 Å². The number of nitrogens with zero attached hydrogens (tertiary/aromatic N) is 1. The Kier molecular flexibility index (Phi) is 5.08. The van der Waals surface area contributed by atoms with Crippen LogP contribution in [0.4, 0.5) is 4.79 Å². The number of amides is 1. The molecule has 92 valence electrons. The predicted molar refractivity (Wildman–Crippen MR) is 58.2 cm³/mol. The van der Waals surface area contributed by atoms with E-state index in [9.17, 15) is 9.59 Å². The van der Waals surface area contributed by atoms with E-state index in [2.05, 4.69) is 6.92 Å². The van der Waals surface area contributed by atoms with Gasteiger partial charge in [-0.1, -0.05) is 13.3 Å². The van der Waals surface area contributed by atoms with E-state index in [1.165, 1.54) is 0 Å². The Balaban J connectivity index is 2.28. The Hall–Kier alpha value is -1.26. The number of carboxylic acid groups (broad SMARTS) is 1. The largest absolute Gasteiger partial charge is 0.481 e. The number of carboxylic acids is 1. The number of ether oxygens (including phenoxy) is 1. The number of carbonyl (C=O) groups is 2. The van der Waals surface area contributed by atoms with E-state index in [1.807, 2.05) is 0 Å². The van der Waals surface area contributed by atoms with Gasteiger partial charge in [0.1, 0.15) is 6.10 Å². The highest BCUT2D eigenvalue weighted by Gasteiger charge is 2.26. The van der Waals surface area contributed by atoms with Gasteiger partial charge in [-0.25, -0.2) is 4.79 Å². The summed E-state index contributed by atoms with van der Waals surface area (Å²) in [5.41, 5.74) is 0. The van der Waals surface area contributed by atoms with E-state index >= 15 is 0 Å². The van der Waals surface area contributed by atoms with Crippen molar-refractivity contribution in [3.8, 4) is 0 Å². The van der Waals surface area contributed by atoms with Gasteiger partial charge in [-0.05, 0) is 12.8 Å². The van der Waals surface area contributed by atoms with Crippen LogP contribution in [-0.2, 0) is 9.53 Å². The average Bonchev–Trinajstić information content (AvgIpc) is 2.25. The van der Waals surface area contributed by atoms with Gasteiger partial charge in [-0.3, -0.25) is 4.79 Å². The average molecular weight is 229 g/mol. The molecule has 1 aliphatic rings. The van der Waals surface area contributed by atoms with Crippen LogP contribution in [0, 0.1) is 0 Å². The van der Waals surface area contributed by atoms with Gasteiger partial charge in [0.15, 0.2) is 0 Å². The summed E-state index contributed by atoms with van der Waals surface area (Å²) >= 11 is 0. The molecule has 1 heterocycles. The van der Waals surface area contributed by atoms with Crippen molar-refractivity contribution in [2.45, 2.75) is 45.1 Å². The van der Waals surface area contributed by atoms with E-state index < -0.39 is 5.97 Å². The molecule has 1 saturated heterocycles. The molecule has 5 heteroatoms. The van der Waals surface area contributed by atoms with Crippen LogP contribution < -0.4 is 0 Å². The quantitative estimate of drug-likeness (QED) is 0.755. The van der Waals surface area contributed by atoms with Crippen molar-refractivity contribution in [3.05, 3.63) is 0 Å². The molecule has 0 radical (unpaired) electrons. The predicted octanol–water partition coefficient (Wildman–Crippen LogP) is 1.86. The zero-order valence-corrected chi connectivity index (χ0v) is 9.65. The molecule has 1 fully saturated rings. The second kappa shape index (κ2) is 6.35. The molecule has 1 unspecified atom stereocenters. The molecule has 0 aliphatic carbocycles. The first-order chi connectivity index (χ1) is 7.63. The second-order valence-corrected chi connectivity index (χ2v) is 4.07. The van der Waals surface area contributed by atoms with E-state index in [1.54, 1.807) is 4.90 Å². The molecular weight excluding hydrogens is 210 g/mol. The maximum Gasteiger partial charge on any atom is 0.410 e. The van der Waals surface area contributed by atoms with Gasteiger partial charge in [-0.15, -0.1) is 0 Å². The van der Waals surface area contributed by atoms with Crippen molar-refractivity contribution in [1.29, 1.82) is 0 Å². The van der Waals surface area contributed by atoms with Gasteiger partial charge in [-0.2, -0.15) is 0 Å². The number of hydrogen-bond acceptors (Lipinski definition) is 3. The molecular formula is C11H19NO4. The zero-order chi connectivity index (χ0) is 12.0.